The van der Waals surface area contributed by atoms with Crippen molar-refractivity contribution in [2.24, 2.45) is 22.5 Å². The molecule has 8 atom stereocenters. The van der Waals surface area contributed by atoms with E-state index in [4.69, 9.17) is 21.0 Å². The highest BCUT2D eigenvalue weighted by atomic mass is 32.2. The summed E-state index contributed by atoms with van der Waals surface area (Å²) in [6.07, 6.45) is 1.27. The number of benzene rings is 2. The Morgan fingerprint density at radius 3 is 1.93 bits per heavy atom. The summed E-state index contributed by atoms with van der Waals surface area (Å²) in [4.78, 5) is 166. The van der Waals surface area contributed by atoms with Gasteiger partial charge in [0.15, 0.2) is 0 Å². The number of hydrogen-bond donors (Lipinski definition) is 13. The molecule has 4 bridgehead atoms. The van der Waals surface area contributed by atoms with Crippen molar-refractivity contribution in [3.05, 3.63) is 59.2 Å². The number of aromatic hydroxyl groups is 1. The summed E-state index contributed by atoms with van der Waals surface area (Å²) in [5, 5.41) is 57.8. The summed E-state index contributed by atoms with van der Waals surface area (Å²) in [6, 6.07) is -1.91. The molecule has 31 heteroatoms. The number of aliphatic hydroxyl groups excluding tert-OH is 1. The summed E-state index contributed by atoms with van der Waals surface area (Å²) < 4.78 is 6.17. The largest absolute Gasteiger partial charge is 0.550 e. The number of carboxylic acid groups (broad SMARTS) is 1. The molecule has 0 spiro atoms. The second kappa shape index (κ2) is 35.8. The normalized spacial score (nSPS) is 24.5. The zero-order chi connectivity index (χ0) is 62.6. The third kappa shape index (κ3) is 25.7. The fraction of sp³-hybridized carbons (Fsp3) is 0.537. The number of oxime groups is 1. The summed E-state index contributed by atoms with van der Waals surface area (Å²) in [7, 11) is 0. The Labute approximate surface area is 498 Å². The number of nitrogens with two attached hydrogens (primary N) is 2. The van der Waals surface area contributed by atoms with E-state index in [9.17, 15) is 72.9 Å². The maximum absolute atomic E-state index is 14.2. The van der Waals surface area contributed by atoms with Crippen LogP contribution >= 0.6 is 23.5 Å². The average molecular weight is 1230 g/mol. The van der Waals surface area contributed by atoms with Gasteiger partial charge in [0.2, 0.25) is 59.1 Å². The van der Waals surface area contributed by atoms with Crippen LogP contribution in [0.2, 0.25) is 0 Å². The molecular formula is C54H75N12O17S2-. The Balaban J connectivity index is 1.79. The Kier molecular flexibility index (Phi) is 29.2. The monoisotopic (exact) mass is 1230 g/mol. The minimum Gasteiger partial charge on any atom is -0.550 e. The highest BCUT2D eigenvalue weighted by Crippen LogP contribution is 2.26. The molecular weight excluding hydrogens is 1150 g/mol. The van der Waals surface area contributed by atoms with Crippen LogP contribution in [0.15, 0.2) is 47.6 Å². The molecule has 0 saturated carbocycles. The Morgan fingerprint density at radius 2 is 1.29 bits per heavy atom. The van der Waals surface area contributed by atoms with Gasteiger partial charge < -0.3 is 89.0 Å². The van der Waals surface area contributed by atoms with Crippen LogP contribution in [-0.4, -0.2) is 174 Å². The van der Waals surface area contributed by atoms with Gasteiger partial charge in [-0.15, -0.1) is 0 Å². The van der Waals surface area contributed by atoms with Gasteiger partial charge in [0, 0.05) is 48.2 Å². The predicted molar refractivity (Wildman–Crippen MR) is 307 cm³/mol. The van der Waals surface area contributed by atoms with Crippen molar-refractivity contribution in [3.8, 4) is 11.5 Å². The Morgan fingerprint density at radius 1 is 0.694 bits per heavy atom. The molecule has 0 radical (unpaired) electrons. The number of hydrogen-bond acceptors (Lipinski definition) is 20. The standard InChI is InChI=1S/C54H76N12O17S2/c1-29(2)16-37-51(78)61-36(12-13-43(55)69)50(77)65-41(47(56)74)27-84-25-32-17-33-19-35(18-32)82-14-6-4-5-7-15-83-58-23-45(71)59-30(3)48(75)66-42(28-85-26-33)54(81)64-40(24-67)53(80)63-39(21-46(72)73)52(79)62-38(49(76)57-22-44(70)60-37)20-31-8-10-34(68)11-9-31/h8-11,17-19,23,29-30,36-42,67-68H,4-7,12-16,20-22,24-28H2,1-3H3,(H2,55,69)(H2,56,74)(H,57,76)(H,59,71)(H,60,70)(H,61,78)(H,62,79)(H,63,80)(H,64,81)(H,65,77)(H,66,75)(H,72,73)/p-1/b58-23+/t30-,36-,37-,38-,39-,40-,41-,42-/m0/s1. The Bertz CT molecular complexity index is 2720. The number of carbonyl (C=O) groups is 12. The van der Waals surface area contributed by atoms with Crippen LogP contribution in [0.25, 0.3) is 0 Å². The lowest BCUT2D eigenvalue weighted by Crippen LogP contribution is -2.61. The molecule has 2 aromatic rings. The lowest BCUT2D eigenvalue weighted by molar-refractivity contribution is -0.306. The Hall–Kier alpha value is -8.19. The molecule has 0 unspecified atom stereocenters. The highest BCUT2D eigenvalue weighted by molar-refractivity contribution is 7.98. The second-order valence-corrected chi connectivity index (χ2v) is 22.5. The lowest BCUT2D eigenvalue weighted by Gasteiger charge is -2.26. The molecule has 2 heterocycles. The fourth-order valence-electron chi connectivity index (χ4n) is 8.31. The van der Waals surface area contributed by atoms with Gasteiger partial charge in [0.05, 0.1) is 19.8 Å². The topological polar surface area (TPSA) is 459 Å². The van der Waals surface area contributed by atoms with E-state index in [1.165, 1.54) is 43.0 Å². The van der Waals surface area contributed by atoms with Gasteiger partial charge in [0.25, 0.3) is 5.91 Å². The van der Waals surface area contributed by atoms with E-state index in [1.54, 1.807) is 26.0 Å². The minimum atomic E-state index is -2.05. The number of nitrogens with one attached hydrogen (secondary N) is 9. The molecule has 4 rings (SSSR count). The van der Waals surface area contributed by atoms with Gasteiger partial charge in [-0.2, -0.15) is 23.5 Å². The van der Waals surface area contributed by atoms with Gasteiger partial charge >= 0.3 is 0 Å². The van der Waals surface area contributed by atoms with E-state index < -0.39 is 145 Å². The summed E-state index contributed by atoms with van der Waals surface area (Å²) in [5.74, 6) is -12.6. The maximum atomic E-state index is 14.2. The van der Waals surface area contributed by atoms with Crippen molar-refractivity contribution < 1.29 is 82.4 Å². The first-order valence-electron chi connectivity index (χ1n) is 27.3. The maximum Gasteiger partial charge on any atom is 0.266 e. The van der Waals surface area contributed by atoms with E-state index in [0.29, 0.717) is 41.9 Å². The number of aliphatic carboxylic acids is 1. The first kappa shape index (κ1) is 69.3. The van der Waals surface area contributed by atoms with Crippen molar-refractivity contribution in [1.29, 1.82) is 0 Å². The number of fused-ring (bicyclic) bond motifs is 5. The molecule has 29 nitrogen and oxygen atoms in total. The fourth-order valence-corrected chi connectivity index (χ4v) is 10.3. The number of ether oxygens (including phenoxy) is 1. The van der Waals surface area contributed by atoms with Crippen LogP contribution in [0.3, 0.4) is 0 Å². The quantitative estimate of drug-likeness (QED) is 0.102. The SMILES string of the molecule is CC(C)C[C@@H]1NC(=O)CNC(=O)[C@H](Cc2ccc(O)cc2)NC(=O)[C@H](CC(=O)[O-])NC(=O)[C@H](CO)NC(=O)[C@@H]2CSCc3cc(cc(c3)OCCCCCCO/N=C/C(=O)N[C@@H](C)C(=O)N2)CSC[C@@H](C(N)=O)NC(=O)[C@H](CCC(N)=O)NC1=O. The smallest absolute Gasteiger partial charge is 0.266 e. The molecule has 11 amide bonds. The summed E-state index contributed by atoms with van der Waals surface area (Å²) in [6.45, 7) is 3.30. The third-order valence-corrected chi connectivity index (χ3v) is 15.0. The number of carbonyl (C=O) groups excluding carboxylic acids is 12. The van der Waals surface area contributed by atoms with Crippen LogP contribution in [0.5, 0.6) is 11.5 Å². The number of amides is 11. The number of thioether (sulfide) groups is 2. The van der Waals surface area contributed by atoms with Gasteiger partial charge in [-0.05, 0) is 92.3 Å². The zero-order valence-electron chi connectivity index (χ0n) is 47.3. The number of carboxylic acids is 1. The van der Waals surface area contributed by atoms with Crippen LogP contribution in [0.1, 0.15) is 88.8 Å². The minimum absolute atomic E-state index is 0.0158. The first-order chi connectivity index (χ1) is 40.4. The van der Waals surface area contributed by atoms with Gasteiger partial charge in [-0.1, -0.05) is 37.2 Å². The molecule has 2 aliphatic rings. The molecule has 0 saturated heterocycles. The number of rotatable bonds is 11. The van der Waals surface area contributed by atoms with Gasteiger partial charge in [-0.3, -0.25) is 52.7 Å². The number of phenols is 1. The molecule has 0 aromatic heterocycles. The molecule has 2 aromatic carbocycles. The molecule has 85 heavy (non-hydrogen) atoms. The van der Waals surface area contributed by atoms with Crippen molar-refractivity contribution >= 4 is 101 Å². The van der Waals surface area contributed by atoms with Crippen molar-refractivity contribution in [2.45, 2.75) is 138 Å². The van der Waals surface area contributed by atoms with Crippen LogP contribution in [0.4, 0.5) is 0 Å². The van der Waals surface area contributed by atoms with Crippen LogP contribution in [0, 0.1) is 5.92 Å². The number of nitrogens with zero attached hydrogens (tertiary/aromatic N) is 1. The second-order valence-electron chi connectivity index (χ2n) is 20.4. The predicted octanol–water partition coefficient (Wildman–Crippen LogP) is -3.99. The molecule has 0 aliphatic carbocycles. The zero-order valence-corrected chi connectivity index (χ0v) is 48.9. The third-order valence-electron chi connectivity index (χ3n) is 12.7. The number of phenolic OH excluding ortho intramolecular Hbond substituents is 1. The highest BCUT2D eigenvalue weighted by Gasteiger charge is 2.34. The van der Waals surface area contributed by atoms with Gasteiger partial charge in [-0.25, -0.2) is 0 Å². The van der Waals surface area contributed by atoms with Crippen molar-refractivity contribution in [2.75, 3.05) is 37.9 Å². The summed E-state index contributed by atoms with van der Waals surface area (Å²) >= 11 is 2.33. The average Bonchev–Trinajstić information content (AvgIpc) is 3.64. The van der Waals surface area contributed by atoms with E-state index in [2.05, 4.69) is 53.0 Å². The van der Waals surface area contributed by atoms with Crippen molar-refractivity contribution in [1.82, 2.24) is 47.9 Å². The van der Waals surface area contributed by atoms with Gasteiger partial charge in [0.1, 0.15) is 72.7 Å². The van der Waals surface area contributed by atoms with Crippen LogP contribution < -0.4 is 69.2 Å². The lowest BCUT2D eigenvalue weighted by atomic mass is 10.0. The van der Waals surface area contributed by atoms with E-state index >= 15 is 0 Å². The van der Waals surface area contributed by atoms with Crippen molar-refractivity contribution in [3.63, 3.8) is 0 Å². The molecule has 2 aliphatic heterocycles. The number of primary amides is 2. The van der Waals surface area contributed by atoms with E-state index in [1.807, 2.05) is 6.07 Å². The molecule has 466 valence electrons. The molecule has 15 N–H and O–H groups in total. The van der Waals surface area contributed by atoms with Crippen LogP contribution in [-0.2, 0) is 80.3 Å². The summed E-state index contributed by atoms with van der Waals surface area (Å²) in [5.41, 5.74) is 12.9. The van der Waals surface area contributed by atoms with E-state index in [0.717, 1.165) is 30.8 Å². The molecule has 0 fully saturated rings. The van der Waals surface area contributed by atoms with E-state index in [-0.39, 0.29) is 60.5 Å². The first-order valence-corrected chi connectivity index (χ1v) is 29.6. The number of aliphatic hydroxyl groups is 1.